The summed E-state index contributed by atoms with van der Waals surface area (Å²) in [5.41, 5.74) is 0.267. The zero-order valence-corrected chi connectivity index (χ0v) is 12.4. The maximum atomic E-state index is 11.3. The number of hydrogen-bond acceptors (Lipinski definition) is 5. The van der Waals surface area contributed by atoms with Gasteiger partial charge in [-0.2, -0.15) is 0 Å². The van der Waals surface area contributed by atoms with Crippen LogP contribution in [0.25, 0.3) is 0 Å². The lowest BCUT2D eigenvalue weighted by atomic mass is 10.2. The molecule has 0 saturated heterocycles. The number of anilines is 1. The fourth-order valence-corrected chi connectivity index (χ4v) is 1.65. The molecular weight excluding hydrogens is 276 g/mol. The first-order valence-corrected chi connectivity index (χ1v) is 6.56. The number of nitrogens with zero attached hydrogens (tertiary/aromatic N) is 2. The van der Waals surface area contributed by atoms with Crippen molar-refractivity contribution in [1.29, 1.82) is 0 Å². The summed E-state index contributed by atoms with van der Waals surface area (Å²) < 4.78 is 5.26. The Balaban J connectivity index is 2.68. The molecular formula is C13H20N4O4. The molecule has 2 amide bonds. The summed E-state index contributed by atoms with van der Waals surface area (Å²) in [4.78, 5) is 23.4. The number of benzene rings is 1. The number of hydrogen-bond donors (Lipinski definition) is 2. The van der Waals surface area contributed by atoms with Crippen LogP contribution in [0, 0.1) is 10.1 Å². The molecule has 0 aliphatic carbocycles. The molecule has 2 N–H and O–H groups in total. The zero-order valence-electron chi connectivity index (χ0n) is 12.4. The minimum absolute atomic E-state index is 0.0988. The van der Waals surface area contributed by atoms with Crippen LogP contribution in [-0.4, -0.2) is 49.6 Å². The summed E-state index contributed by atoms with van der Waals surface area (Å²) in [5.74, 6) is 0.227. The highest BCUT2D eigenvalue weighted by Crippen LogP contribution is 2.34. The van der Waals surface area contributed by atoms with Gasteiger partial charge in [0.2, 0.25) is 0 Å². The van der Waals surface area contributed by atoms with Crippen molar-refractivity contribution in [3.8, 4) is 5.75 Å². The molecule has 0 saturated carbocycles. The Morgan fingerprint density at radius 1 is 1.38 bits per heavy atom. The molecule has 0 aromatic heterocycles. The van der Waals surface area contributed by atoms with Crippen molar-refractivity contribution in [3.05, 3.63) is 28.3 Å². The average molecular weight is 296 g/mol. The Labute approximate surface area is 123 Å². The standard InChI is InChI=1S/C13H20N4O4/c1-4-21-11-7-5-6-10(12(11)17(19)20)14-8-9-15-13(18)16(2)3/h5-7,14H,4,8-9H2,1-3H3,(H,15,18). The molecule has 1 rings (SSSR count). The number of nitro groups is 1. The first-order valence-electron chi connectivity index (χ1n) is 6.56. The average Bonchev–Trinajstić information content (AvgIpc) is 2.43. The second-order valence-corrected chi connectivity index (χ2v) is 4.40. The van der Waals surface area contributed by atoms with Gasteiger partial charge in [0.05, 0.1) is 11.5 Å². The molecule has 0 atom stereocenters. The fourth-order valence-electron chi connectivity index (χ4n) is 1.65. The first kappa shape index (κ1) is 16.5. The van der Waals surface area contributed by atoms with E-state index in [4.69, 9.17) is 4.74 Å². The van der Waals surface area contributed by atoms with E-state index in [0.717, 1.165) is 0 Å². The highest BCUT2D eigenvalue weighted by molar-refractivity contribution is 5.73. The van der Waals surface area contributed by atoms with Crippen LogP contribution in [-0.2, 0) is 0 Å². The predicted molar refractivity (Wildman–Crippen MR) is 79.8 cm³/mol. The molecule has 0 aliphatic heterocycles. The monoisotopic (exact) mass is 296 g/mol. The maximum absolute atomic E-state index is 11.3. The van der Waals surface area contributed by atoms with E-state index in [0.29, 0.717) is 25.4 Å². The summed E-state index contributed by atoms with van der Waals surface area (Å²) in [5, 5.41) is 16.8. The molecule has 0 heterocycles. The van der Waals surface area contributed by atoms with Crippen molar-refractivity contribution in [2.24, 2.45) is 0 Å². The van der Waals surface area contributed by atoms with Gasteiger partial charge in [-0.1, -0.05) is 6.07 Å². The van der Waals surface area contributed by atoms with Crippen molar-refractivity contribution in [2.45, 2.75) is 6.92 Å². The molecule has 0 fully saturated rings. The molecule has 0 spiro atoms. The summed E-state index contributed by atoms with van der Waals surface area (Å²) in [6.45, 7) is 2.84. The number of rotatable bonds is 7. The molecule has 0 bridgehead atoms. The van der Waals surface area contributed by atoms with Gasteiger partial charge in [-0.3, -0.25) is 10.1 Å². The summed E-state index contributed by atoms with van der Waals surface area (Å²) in [7, 11) is 3.28. The summed E-state index contributed by atoms with van der Waals surface area (Å²) in [6, 6.07) is 4.63. The Hall–Kier alpha value is -2.51. The third-order valence-electron chi connectivity index (χ3n) is 2.60. The third kappa shape index (κ3) is 4.83. The summed E-state index contributed by atoms with van der Waals surface area (Å²) in [6.07, 6.45) is 0. The van der Waals surface area contributed by atoms with E-state index in [9.17, 15) is 14.9 Å². The first-order chi connectivity index (χ1) is 9.97. The molecule has 0 radical (unpaired) electrons. The lowest BCUT2D eigenvalue weighted by Crippen LogP contribution is -2.37. The number of ether oxygens (including phenoxy) is 1. The Morgan fingerprint density at radius 2 is 2.10 bits per heavy atom. The van der Waals surface area contributed by atoms with Gasteiger partial charge in [0, 0.05) is 27.2 Å². The number of carbonyl (C=O) groups is 1. The van der Waals surface area contributed by atoms with E-state index >= 15 is 0 Å². The van der Waals surface area contributed by atoms with Crippen LogP contribution in [0.5, 0.6) is 5.75 Å². The van der Waals surface area contributed by atoms with E-state index in [2.05, 4.69) is 10.6 Å². The van der Waals surface area contributed by atoms with Crippen LogP contribution in [0.15, 0.2) is 18.2 Å². The van der Waals surface area contributed by atoms with Crippen LogP contribution >= 0.6 is 0 Å². The van der Waals surface area contributed by atoms with E-state index in [-0.39, 0.29) is 17.5 Å². The Bertz CT molecular complexity index is 505. The molecule has 0 unspecified atom stereocenters. The molecule has 8 heteroatoms. The van der Waals surface area contributed by atoms with Crippen LogP contribution in [0.1, 0.15) is 6.92 Å². The highest BCUT2D eigenvalue weighted by atomic mass is 16.6. The van der Waals surface area contributed by atoms with Crippen LogP contribution < -0.4 is 15.4 Å². The topological polar surface area (TPSA) is 96.7 Å². The van der Waals surface area contributed by atoms with Gasteiger partial charge < -0.3 is 20.3 Å². The number of carbonyl (C=O) groups excluding carboxylic acids is 1. The molecule has 116 valence electrons. The van der Waals surface area contributed by atoms with Gasteiger partial charge in [0.15, 0.2) is 5.75 Å². The van der Waals surface area contributed by atoms with Crippen LogP contribution in [0.3, 0.4) is 0 Å². The number of para-hydroxylation sites is 1. The normalized spacial score (nSPS) is 9.86. The second-order valence-electron chi connectivity index (χ2n) is 4.40. The SMILES string of the molecule is CCOc1cccc(NCCNC(=O)N(C)C)c1[N+](=O)[O-]. The number of nitrogens with one attached hydrogen (secondary N) is 2. The number of nitro benzene ring substituents is 1. The third-order valence-corrected chi connectivity index (χ3v) is 2.60. The van der Waals surface area contributed by atoms with Gasteiger partial charge >= 0.3 is 11.7 Å². The van der Waals surface area contributed by atoms with E-state index in [1.807, 2.05) is 0 Å². The van der Waals surface area contributed by atoms with Crippen LogP contribution in [0.2, 0.25) is 0 Å². The smallest absolute Gasteiger partial charge is 0.333 e. The number of urea groups is 1. The van der Waals surface area contributed by atoms with Gasteiger partial charge in [-0.05, 0) is 19.1 Å². The van der Waals surface area contributed by atoms with Gasteiger partial charge in [-0.25, -0.2) is 4.79 Å². The van der Waals surface area contributed by atoms with E-state index < -0.39 is 4.92 Å². The minimum atomic E-state index is -0.480. The minimum Gasteiger partial charge on any atom is -0.487 e. The quantitative estimate of drug-likeness (QED) is 0.453. The van der Waals surface area contributed by atoms with Crippen molar-refractivity contribution >= 4 is 17.4 Å². The fraction of sp³-hybridized carbons (Fsp3) is 0.462. The number of amides is 2. The van der Waals surface area contributed by atoms with Crippen molar-refractivity contribution in [2.75, 3.05) is 39.1 Å². The zero-order chi connectivity index (χ0) is 15.8. The van der Waals surface area contributed by atoms with Gasteiger partial charge in [0.25, 0.3) is 0 Å². The molecule has 8 nitrogen and oxygen atoms in total. The predicted octanol–water partition coefficient (Wildman–Crippen LogP) is 1.68. The van der Waals surface area contributed by atoms with E-state index in [1.54, 1.807) is 39.2 Å². The van der Waals surface area contributed by atoms with E-state index in [1.165, 1.54) is 4.90 Å². The second kappa shape index (κ2) is 7.93. The highest BCUT2D eigenvalue weighted by Gasteiger charge is 2.20. The van der Waals surface area contributed by atoms with Gasteiger partial charge in [-0.15, -0.1) is 0 Å². The Morgan fingerprint density at radius 3 is 2.67 bits per heavy atom. The Kier molecular flexibility index (Phi) is 6.25. The molecule has 21 heavy (non-hydrogen) atoms. The van der Waals surface area contributed by atoms with Gasteiger partial charge in [0.1, 0.15) is 5.69 Å². The summed E-state index contributed by atoms with van der Waals surface area (Å²) >= 11 is 0. The lowest BCUT2D eigenvalue weighted by molar-refractivity contribution is -0.384. The molecule has 0 aliphatic rings. The molecule has 1 aromatic carbocycles. The van der Waals surface area contributed by atoms with Crippen molar-refractivity contribution < 1.29 is 14.5 Å². The maximum Gasteiger partial charge on any atom is 0.333 e. The van der Waals surface area contributed by atoms with Crippen molar-refractivity contribution in [1.82, 2.24) is 10.2 Å². The van der Waals surface area contributed by atoms with Crippen LogP contribution in [0.4, 0.5) is 16.2 Å². The lowest BCUT2D eigenvalue weighted by Gasteiger charge is -2.13. The largest absolute Gasteiger partial charge is 0.487 e. The van der Waals surface area contributed by atoms with Crippen molar-refractivity contribution in [3.63, 3.8) is 0 Å². The molecule has 1 aromatic rings.